The van der Waals surface area contributed by atoms with Crippen molar-refractivity contribution < 1.29 is 23.9 Å². The average molecular weight is 350 g/mol. The van der Waals surface area contributed by atoms with Crippen LogP contribution in [0.5, 0.6) is 5.75 Å². The number of carbonyl (C=O) groups is 3. The summed E-state index contributed by atoms with van der Waals surface area (Å²) in [6.07, 6.45) is 0. The molecular weight excluding hydrogens is 324 g/mol. The molecule has 0 aromatic heterocycles. The van der Waals surface area contributed by atoms with Crippen LogP contribution in [0, 0.1) is 0 Å². The number of nitrogens with one attached hydrogen (secondary N) is 1. The number of likely N-dealkylation sites (N-methyl/N-ethyl adjacent to an activating group) is 1. The SMILES string of the molecule is CCOc1ccccc1C(=O)OCC(=O)N(C)CC(=O)NC(C)(C)C. The highest BCUT2D eigenvalue weighted by Gasteiger charge is 2.20. The first-order valence-corrected chi connectivity index (χ1v) is 8.08. The molecule has 0 unspecified atom stereocenters. The molecule has 1 rings (SSSR count). The molecule has 0 saturated heterocycles. The maximum absolute atomic E-state index is 12.1. The Hall–Kier alpha value is -2.57. The van der Waals surface area contributed by atoms with Gasteiger partial charge in [-0.25, -0.2) is 4.79 Å². The Balaban J connectivity index is 2.55. The van der Waals surface area contributed by atoms with Crippen molar-refractivity contribution >= 4 is 17.8 Å². The second-order valence-electron chi connectivity index (χ2n) is 6.55. The highest BCUT2D eigenvalue weighted by Crippen LogP contribution is 2.18. The molecule has 1 aromatic carbocycles. The van der Waals surface area contributed by atoms with Crippen molar-refractivity contribution in [2.45, 2.75) is 33.2 Å². The average Bonchev–Trinajstić information content (AvgIpc) is 2.51. The first-order valence-electron chi connectivity index (χ1n) is 8.08. The predicted octanol–water partition coefficient (Wildman–Crippen LogP) is 1.62. The fourth-order valence-electron chi connectivity index (χ4n) is 1.99. The van der Waals surface area contributed by atoms with Crippen LogP contribution < -0.4 is 10.1 Å². The zero-order chi connectivity index (χ0) is 19.0. The van der Waals surface area contributed by atoms with Crippen LogP contribution in [0.4, 0.5) is 0 Å². The van der Waals surface area contributed by atoms with Crippen molar-refractivity contribution in [3.63, 3.8) is 0 Å². The summed E-state index contributed by atoms with van der Waals surface area (Å²) in [5.41, 5.74) is -0.124. The summed E-state index contributed by atoms with van der Waals surface area (Å²) in [4.78, 5) is 37.2. The molecule has 0 aliphatic heterocycles. The standard InChI is InChI=1S/C18H26N2O5/c1-6-24-14-10-8-7-9-13(14)17(23)25-12-16(22)20(5)11-15(21)19-18(2,3)4/h7-10H,6,11-12H2,1-5H3,(H,19,21). The van der Waals surface area contributed by atoms with Crippen molar-refractivity contribution in [2.24, 2.45) is 0 Å². The number of ether oxygens (including phenoxy) is 2. The summed E-state index contributed by atoms with van der Waals surface area (Å²) in [5.74, 6) is -0.993. The van der Waals surface area contributed by atoms with Gasteiger partial charge in [-0.3, -0.25) is 9.59 Å². The van der Waals surface area contributed by atoms with Crippen LogP contribution >= 0.6 is 0 Å². The normalized spacial score (nSPS) is 10.8. The Bertz CT molecular complexity index is 622. The van der Waals surface area contributed by atoms with Gasteiger partial charge in [0.2, 0.25) is 5.91 Å². The lowest BCUT2D eigenvalue weighted by atomic mass is 10.1. The molecular formula is C18H26N2O5. The van der Waals surface area contributed by atoms with Crippen LogP contribution in [0.15, 0.2) is 24.3 Å². The number of benzene rings is 1. The summed E-state index contributed by atoms with van der Waals surface area (Å²) >= 11 is 0. The van der Waals surface area contributed by atoms with Crippen molar-refractivity contribution in [1.82, 2.24) is 10.2 Å². The summed E-state index contributed by atoms with van der Waals surface area (Å²) in [6, 6.07) is 6.65. The lowest BCUT2D eigenvalue weighted by Gasteiger charge is -2.23. The molecule has 0 aliphatic carbocycles. The minimum absolute atomic E-state index is 0.108. The third kappa shape index (κ3) is 7.24. The molecule has 7 nitrogen and oxygen atoms in total. The molecule has 0 atom stereocenters. The molecule has 0 heterocycles. The number of hydrogen-bond acceptors (Lipinski definition) is 5. The van der Waals surface area contributed by atoms with Crippen LogP contribution in [0.1, 0.15) is 38.1 Å². The van der Waals surface area contributed by atoms with E-state index in [4.69, 9.17) is 9.47 Å². The smallest absolute Gasteiger partial charge is 0.342 e. The quantitative estimate of drug-likeness (QED) is 0.755. The lowest BCUT2D eigenvalue weighted by molar-refractivity contribution is -0.137. The van der Waals surface area contributed by atoms with Crippen molar-refractivity contribution in [1.29, 1.82) is 0 Å². The molecule has 0 saturated carbocycles. The zero-order valence-electron chi connectivity index (χ0n) is 15.4. The molecule has 1 N–H and O–H groups in total. The number of esters is 1. The van der Waals surface area contributed by atoms with E-state index < -0.39 is 18.5 Å². The van der Waals surface area contributed by atoms with E-state index in [-0.39, 0.29) is 23.6 Å². The van der Waals surface area contributed by atoms with Crippen LogP contribution in [-0.2, 0) is 14.3 Å². The van der Waals surface area contributed by atoms with E-state index >= 15 is 0 Å². The molecule has 2 amide bonds. The largest absolute Gasteiger partial charge is 0.493 e. The second-order valence-corrected chi connectivity index (χ2v) is 6.55. The van der Waals surface area contributed by atoms with Gasteiger partial charge in [-0.1, -0.05) is 12.1 Å². The molecule has 0 bridgehead atoms. The van der Waals surface area contributed by atoms with Crippen LogP contribution in [0.25, 0.3) is 0 Å². The lowest BCUT2D eigenvalue weighted by Crippen LogP contribution is -2.46. The maximum atomic E-state index is 12.1. The molecule has 0 aliphatic rings. The van der Waals surface area contributed by atoms with Crippen LogP contribution in [0.2, 0.25) is 0 Å². The first kappa shape index (κ1) is 20.5. The van der Waals surface area contributed by atoms with Crippen molar-refractivity contribution in [3.05, 3.63) is 29.8 Å². The van der Waals surface area contributed by atoms with Gasteiger partial charge >= 0.3 is 5.97 Å². The number of rotatable bonds is 7. The van der Waals surface area contributed by atoms with Gasteiger partial charge in [-0.2, -0.15) is 0 Å². The monoisotopic (exact) mass is 350 g/mol. The second kappa shape index (κ2) is 9.05. The van der Waals surface area contributed by atoms with Gasteiger partial charge in [-0.15, -0.1) is 0 Å². The van der Waals surface area contributed by atoms with Crippen molar-refractivity contribution in [3.8, 4) is 5.75 Å². The molecule has 138 valence electrons. The maximum Gasteiger partial charge on any atom is 0.342 e. The third-order valence-electron chi connectivity index (χ3n) is 3.05. The number of nitrogens with zero attached hydrogens (tertiary/aromatic N) is 1. The van der Waals surface area contributed by atoms with E-state index in [1.807, 2.05) is 27.7 Å². The van der Waals surface area contributed by atoms with Gasteiger partial charge in [0.25, 0.3) is 5.91 Å². The molecule has 1 aromatic rings. The Labute approximate surface area is 148 Å². The number of amides is 2. The Morgan fingerprint density at radius 1 is 1.16 bits per heavy atom. The Kier molecular flexibility index (Phi) is 7.42. The molecule has 0 radical (unpaired) electrons. The fraction of sp³-hybridized carbons (Fsp3) is 0.500. The van der Waals surface area contributed by atoms with E-state index in [2.05, 4.69) is 5.32 Å². The van der Waals surface area contributed by atoms with Crippen LogP contribution in [-0.4, -0.2) is 55.0 Å². The highest BCUT2D eigenvalue weighted by molar-refractivity contribution is 5.94. The zero-order valence-corrected chi connectivity index (χ0v) is 15.4. The van der Waals surface area contributed by atoms with Crippen molar-refractivity contribution in [2.75, 3.05) is 26.8 Å². The molecule has 0 fully saturated rings. The first-order chi connectivity index (χ1) is 11.6. The van der Waals surface area contributed by atoms with Gasteiger partial charge in [-0.05, 0) is 39.8 Å². The minimum atomic E-state index is -0.648. The summed E-state index contributed by atoms with van der Waals surface area (Å²) in [5, 5.41) is 2.76. The number of hydrogen-bond donors (Lipinski definition) is 1. The van der Waals surface area contributed by atoms with E-state index in [0.717, 1.165) is 0 Å². The third-order valence-corrected chi connectivity index (χ3v) is 3.05. The van der Waals surface area contributed by atoms with E-state index in [9.17, 15) is 14.4 Å². The van der Waals surface area contributed by atoms with Gasteiger partial charge in [0.1, 0.15) is 11.3 Å². The topological polar surface area (TPSA) is 84.9 Å². The summed E-state index contributed by atoms with van der Waals surface area (Å²) < 4.78 is 10.4. The number of carbonyl (C=O) groups excluding carboxylic acids is 3. The number of para-hydroxylation sites is 1. The summed E-state index contributed by atoms with van der Waals surface area (Å²) in [6.45, 7) is 7.22. The van der Waals surface area contributed by atoms with E-state index in [1.54, 1.807) is 24.3 Å². The van der Waals surface area contributed by atoms with Gasteiger partial charge in [0, 0.05) is 12.6 Å². The van der Waals surface area contributed by atoms with Crippen LogP contribution in [0.3, 0.4) is 0 Å². The molecule has 25 heavy (non-hydrogen) atoms. The minimum Gasteiger partial charge on any atom is -0.493 e. The van der Waals surface area contributed by atoms with Gasteiger partial charge < -0.3 is 19.7 Å². The van der Waals surface area contributed by atoms with Gasteiger partial charge in [0.05, 0.1) is 13.2 Å². The summed E-state index contributed by atoms with van der Waals surface area (Å²) in [7, 11) is 1.48. The van der Waals surface area contributed by atoms with Gasteiger partial charge in [0.15, 0.2) is 6.61 Å². The molecule has 7 heteroatoms. The predicted molar refractivity (Wildman–Crippen MR) is 93.4 cm³/mol. The fourth-order valence-corrected chi connectivity index (χ4v) is 1.99. The Morgan fingerprint density at radius 3 is 2.40 bits per heavy atom. The Morgan fingerprint density at radius 2 is 1.80 bits per heavy atom. The molecule has 0 spiro atoms. The van der Waals surface area contributed by atoms with E-state index in [1.165, 1.54) is 11.9 Å². The van der Waals surface area contributed by atoms with E-state index in [0.29, 0.717) is 12.4 Å². The highest BCUT2D eigenvalue weighted by atomic mass is 16.5.